The van der Waals surface area contributed by atoms with E-state index in [-0.39, 0.29) is 5.91 Å². The van der Waals surface area contributed by atoms with E-state index in [0.29, 0.717) is 54.4 Å². The number of aromatic nitrogens is 1. The van der Waals surface area contributed by atoms with Gasteiger partial charge in [0.2, 0.25) is 5.91 Å². The van der Waals surface area contributed by atoms with Gasteiger partial charge in [-0.3, -0.25) is 15.6 Å². The molecule has 1 amide bonds. The molecular formula is C19H20ClN3O3. The van der Waals surface area contributed by atoms with Crippen molar-refractivity contribution in [1.29, 1.82) is 0 Å². The van der Waals surface area contributed by atoms with Crippen LogP contribution in [0.25, 0.3) is 0 Å². The second-order valence-electron chi connectivity index (χ2n) is 7.14. The summed E-state index contributed by atoms with van der Waals surface area (Å²) in [6, 6.07) is 10.6. The van der Waals surface area contributed by atoms with E-state index in [1.54, 1.807) is 30.5 Å². The fourth-order valence-corrected chi connectivity index (χ4v) is 4.12. The first-order chi connectivity index (χ1) is 12.5. The molecule has 1 aromatic heterocycles. The number of benzene rings is 1. The van der Waals surface area contributed by atoms with Gasteiger partial charge in [-0.1, -0.05) is 23.7 Å². The molecule has 2 saturated carbocycles. The van der Waals surface area contributed by atoms with E-state index in [0.717, 1.165) is 0 Å². The number of carbonyl (C=O) groups is 1. The summed E-state index contributed by atoms with van der Waals surface area (Å²) in [5.74, 6) is 1.24. The fourth-order valence-electron chi connectivity index (χ4n) is 3.95. The molecule has 0 aliphatic heterocycles. The summed E-state index contributed by atoms with van der Waals surface area (Å²) in [6.07, 6.45) is 4.93. The molecule has 0 unspecified atom stereocenters. The third-order valence-electron chi connectivity index (χ3n) is 5.41. The smallest absolute Gasteiger partial charge is 0.244 e. The Bertz CT molecular complexity index is 834. The second kappa shape index (κ2) is 6.45. The van der Waals surface area contributed by atoms with E-state index >= 15 is 0 Å². The highest BCUT2D eigenvalue weighted by atomic mass is 35.5. The first-order valence-corrected chi connectivity index (χ1v) is 9.04. The Kier molecular flexibility index (Phi) is 4.25. The summed E-state index contributed by atoms with van der Waals surface area (Å²) in [5, 5.41) is 10.8. The number of nitrogens with one attached hydrogen (secondary N) is 2. The number of carbonyl (C=O) groups excluding carboxylic acids is 1. The number of aliphatic hydroxyl groups is 1. The van der Waals surface area contributed by atoms with E-state index < -0.39 is 11.0 Å². The molecule has 2 aliphatic carbocycles. The van der Waals surface area contributed by atoms with Crippen molar-refractivity contribution in [2.24, 2.45) is 5.41 Å². The number of hydrazine groups is 1. The Morgan fingerprint density at radius 1 is 1.12 bits per heavy atom. The summed E-state index contributed by atoms with van der Waals surface area (Å²) in [4.78, 5) is 16.9. The number of amides is 1. The van der Waals surface area contributed by atoms with E-state index in [9.17, 15) is 9.90 Å². The number of fused-ring (bicyclic) bond motifs is 2. The normalized spacial score (nSPS) is 26.5. The number of hydrogen-bond acceptors (Lipinski definition) is 5. The van der Waals surface area contributed by atoms with Crippen LogP contribution in [0.1, 0.15) is 32.1 Å². The molecule has 3 N–H and O–H groups in total. The Hall–Kier alpha value is -2.31. The predicted molar refractivity (Wildman–Crippen MR) is 98.0 cm³/mol. The number of rotatable bonds is 5. The predicted octanol–water partition coefficient (Wildman–Crippen LogP) is 3.67. The van der Waals surface area contributed by atoms with Crippen LogP contribution in [0.5, 0.6) is 11.5 Å². The lowest BCUT2D eigenvalue weighted by Gasteiger charge is -2.25. The third-order valence-corrected chi connectivity index (χ3v) is 5.72. The number of para-hydroxylation sites is 1. The fraction of sp³-hybridized carbons (Fsp3) is 0.368. The van der Waals surface area contributed by atoms with Crippen molar-refractivity contribution in [2.75, 3.05) is 5.43 Å². The lowest BCUT2D eigenvalue weighted by molar-refractivity contribution is -0.130. The van der Waals surface area contributed by atoms with Crippen LogP contribution in [-0.4, -0.2) is 21.6 Å². The van der Waals surface area contributed by atoms with Crippen molar-refractivity contribution in [2.45, 2.75) is 37.7 Å². The maximum Gasteiger partial charge on any atom is 0.244 e. The highest BCUT2D eigenvalue weighted by molar-refractivity contribution is 6.32. The molecule has 0 spiro atoms. The van der Waals surface area contributed by atoms with Gasteiger partial charge in [-0.2, -0.15) is 0 Å². The Morgan fingerprint density at radius 3 is 2.54 bits per heavy atom. The van der Waals surface area contributed by atoms with Gasteiger partial charge in [-0.05, 0) is 56.4 Å². The van der Waals surface area contributed by atoms with Crippen molar-refractivity contribution in [3.05, 3.63) is 47.6 Å². The van der Waals surface area contributed by atoms with Gasteiger partial charge < -0.3 is 9.84 Å². The zero-order valence-corrected chi connectivity index (χ0v) is 14.9. The number of pyridine rings is 1. The molecule has 26 heavy (non-hydrogen) atoms. The molecule has 2 aromatic rings. The van der Waals surface area contributed by atoms with Crippen LogP contribution in [0.4, 0.5) is 5.82 Å². The average molecular weight is 374 g/mol. The largest absolute Gasteiger partial charge is 0.452 e. The monoisotopic (exact) mass is 373 g/mol. The Labute approximate surface area is 156 Å². The SMILES string of the molecule is O=C(NNc1ncccc1Oc1ccccc1Cl)C12CCC(O)(CC1)C2. The van der Waals surface area contributed by atoms with Crippen LogP contribution >= 0.6 is 11.6 Å². The van der Waals surface area contributed by atoms with Gasteiger partial charge in [0.05, 0.1) is 16.0 Å². The first kappa shape index (κ1) is 17.1. The lowest BCUT2D eigenvalue weighted by Crippen LogP contribution is -2.41. The molecule has 2 bridgehead atoms. The van der Waals surface area contributed by atoms with Crippen molar-refractivity contribution in [3.8, 4) is 11.5 Å². The number of hydrogen-bond donors (Lipinski definition) is 3. The van der Waals surface area contributed by atoms with Crippen molar-refractivity contribution in [1.82, 2.24) is 10.4 Å². The number of anilines is 1. The zero-order valence-electron chi connectivity index (χ0n) is 14.2. The highest BCUT2D eigenvalue weighted by Gasteiger charge is 2.57. The molecule has 1 heterocycles. The minimum absolute atomic E-state index is 0.111. The highest BCUT2D eigenvalue weighted by Crippen LogP contribution is 2.56. The van der Waals surface area contributed by atoms with E-state index in [1.807, 2.05) is 12.1 Å². The van der Waals surface area contributed by atoms with Gasteiger partial charge in [-0.25, -0.2) is 4.98 Å². The maximum absolute atomic E-state index is 12.7. The molecule has 2 fully saturated rings. The van der Waals surface area contributed by atoms with Gasteiger partial charge >= 0.3 is 0 Å². The molecule has 2 aliphatic rings. The lowest BCUT2D eigenvalue weighted by atomic mass is 9.83. The summed E-state index contributed by atoms with van der Waals surface area (Å²) in [7, 11) is 0. The standard InChI is InChI=1S/C19H20ClN3O3/c20-13-4-1-2-5-14(13)26-15-6-3-11-21-16(15)22-23-17(24)18-7-9-19(25,12-18)10-8-18/h1-6,11,25H,7-10,12H2,(H,21,22)(H,23,24). The topological polar surface area (TPSA) is 83.5 Å². The van der Waals surface area contributed by atoms with Crippen LogP contribution in [0.2, 0.25) is 5.02 Å². The molecule has 1 aromatic carbocycles. The van der Waals surface area contributed by atoms with Crippen LogP contribution in [-0.2, 0) is 4.79 Å². The van der Waals surface area contributed by atoms with Gasteiger partial charge in [-0.15, -0.1) is 0 Å². The zero-order chi connectivity index (χ0) is 18.2. The van der Waals surface area contributed by atoms with E-state index in [1.165, 1.54) is 0 Å². The molecule has 6 nitrogen and oxygen atoms in total. The van der Waals surface area contributed by atoms with Gasteiger partial charge in [0.25, 0.3) is 0 Å². The van der Waals surface area contributed by atoms with Gasteiger partial charge in [0.15, 0.2) is 11.6 Å². The van der Waals surface area contributed by atoms with E-state index in [4.69, 9.17) is 16.3 Å². The van der Waals surface area contributed by atoms with Crippen molar-refractivity contribution in [3.63, 3.8) is 0 Å². The molecule has 136 valence electrons. The first-order valence-electron chi connectivity index (χ1n) is 8.66. The molecule has 0 radical (unpaired) electrons. The van der Waals surface area contributed by atoms with Gasteiger partial charge in [0, 0.05) is 6.20 Å². The quantitative estimate of drug-likeness (QED) is 0.696. The minimum Gasteiger partial charge on any atom is -0.452 e. The summed E-state index contributed by atoms with van der Waals surface area (Å²) >= 11 is 6.14. The van der Waals surface area contributed by atoms with Crippen LogP contribution in [0.15, 0.2) is 42.6 Å². The summed E-state index contributed by atoms with van der Waals surface area (Å²) < 4.78 is 5.83. The molecular weight excluding hydrogens is 354 g/mol. The summed E-state index contributed by atoms with van der Waals surface area (Å²) in [6.45, 7) is 0. The van der Waals surface area contributed by atoms with Crippen LogP contribution < -0.4 is 15.6 Å². The van der Waals surface area contributed by atoms with Crippen molar-refractivity contribution < 1.29 is 14.6 Å². The minimum atomic E-state index is -0.666. The number of nitrogens with zero attached hydrogens (tertiary/aromatic N) is 1. The Balaban J connectivity index is 1.46. The summed E-state index contributed by atoms with van der Waals surface area (Å²) in [5.41, 5.74) is 4.45. The Morgan fingerprint density at radius 2 is 1.85 bits per heavy atom. The molecule has 0 atom stereocenters. The average Bonchev–Trinajstić information content (AvgIpc) is 3.17. The van der Waals surface area contributed by atoms with E-state index in [2.05, 4.69) is 15.8 Å². The molecule has 4 rings (SSSR count). The van der Waals surface area contributed by atoms with Gasteiger partial charge in [0.1, 0.15) is 5.75 Å². The van der Waals surface area contributed by atoms with Crippen LogP contribution in [0, 0.1) is 5.41 Å². The second-order valence-corrected chi connectivity index (χ2v) is 7.55. The molecule has 7 heteroatoms. The van der Waals surface area contributed by atoms with Crippen LogP contribution in [0.3, 0.4) is 0 Å². The number of halogens is 1. The third kappa shape index (κ3) is 3.10. The maximum atomic E-state index is 12.7. The molecule has 0 saturated heterocycles. The van der Waals surface area contributed by atoms with Crippen molar-refractivity contribution >= 4 is 23.3 Å². The number of ether oxygens (including phenoxy) is 1.